The zero-order valence-corrected chi connectivity index (χ0v) is 12.4. The van der Waals surface area contributed by atoms with Gasteiger partial charge in [0, 0.05) is 25.2 Å². The molecular formula is C16H24FNO2. The average molecular weight is 281 g/mol. The summed E-state index contributed by atoms with van der Waals surface area (Å²) in [5.41, 5.74) is 0.384. The molecule has 1 aromatic rings. The quantitative estimate of drug-likeness (QED) is 0.921. The topological polar surface area (TPSA) is 32.7 Å². The Labute approximate surface area is 120 Å². The van der Waals surface area contributed by atoms with Gasteiger partial charge in [0.1, 0.15) is 5.82 Å². The summed E-state index contributed by atoms with van der Waals surface area (Å²) in [5.74, 6) is -0.361. The first-order chi connectivity index (χ1) is 9.47. The Bertz CT molecular complexity index is 430. The molecule has 1 saturated heterocycles. The van der Waals surface area contributed by atoms with Crippen LogP contribution in [0.1, 0.15) is 32.4 Å². The Balaban J connectivity index is 1.97. The molecule has 0 aromatic heterocycles. The molecule has 0 radical (unpaired) electrons. The number of aliphatic hydroxyl groups is 1. The number of halogens is 1. The summed E-state index contributed by atoms with van der Waals surface area (Å²) < 4.78 is 19.4. The molecule has 4 heteroatoms. The first-order valence-electron chi connectivity index (χ1n) is 7.27. The Kier molecular flexibility index (Phi) is 5.13. The number of hydrogen-bond donors (Lipinski definition) is 1. The fourth-order valence-corrected chi connectivity index (χ4v) is 2.96. The van der Waals surface area contributed by atoms with Crippen LogP contribution in [0.3, 0.4) is 0 Å². The van der Waals surface area contributed by atoms with Crippen LogP contribution in [-0.4, -0.2) is 41.8 Å². The minimum atomic E-state index is -0.773. The van der Waals surface area contributed by atoms with Gasteiger partial charge in [0.25, 0.3) is 0 Å². The second kappa shape index (κ2) is 6.66. The molecule has 0 saturated carbocycles. The number of rotatable bonds is 4. The van der Waals surface area contributed by atoms with Crippen molar-refractivity contribution in [3.63, 3.8) is 0 Å². The van der Waals surface area contributed by atoms with Crippen molar-refractivity contribution in [3.8, 4) is 0 Å². The summed E-state index contributed by atoms with van der Waals surface area (Å²) in [6.45, 7) is 8.54. The van der Waals surface area contributed by atoms with E-state index >= 15 is 0 Å². The standard InChI is InChI=1S/C16H24FNO2/c1-11(8-18-9-12(2)20-13(3)10-18)16(19)14-6-4-5-7-15(14)17/h4-7,11-13,16,19H,8-10H2,1-3H3. The monoisotopic (exact) mass is 281 g/mol. The third kappa shape index (κ3) is 3.78. The van der Waals surface area contributed by atoms with Crippen LogP contribution in [0.25, 0.3) is 0 Å². The van der Waals surface area contributed by atoms with Crippen molar-refractivity contribution >= 4 is 0 Å². The van der Waals surface area contributed by atoms with Crippen molar-refractivity contribution < 1.29 is 14.2 Å². The third-order valence-corrected chi connectivity index (χ3v) is 3.80. The number of ether oxygens (including phenoxy) is 1. The SMILES string of the molecule is CC1CN(CC(C)C(O)c2ccccc2F)CC(C)O1. The molecule has 1 fully saturated rings. The van der Waals surface area contributed by atoms with Crippen LogP contribution in [0.5, 0.6) is 0 Å². The highest BCUT2D eigenvalue weighted by atomic mass is 19.1. The van der Waals surface area contributed by atoms with E-state index in [0.29, 0.717) is 5.56 Å². The number of hydrogen-bond acceptors (Lipinski definition) is 3. The number of nitrogens with zero attached hydrogens (tertiary/aromatic N) is 1. The Morgan fingerprint density at radius 3 is 2.50 bits per heavy atom. The van der Waals surface area contributed by atoms with E-state index in [0.717, 1.165) is 19.6 Å². The lowest BCUT2D eigenvalue weighted by Crippen LogP contribution is -2.47. The second-order valence-corrected chi connectivity index (χ2v) is 5.92. The minimum Gasteiger partial charge on any atom is -0.388 e. The molecule has 0 bridgehead atoms. The van der Waals surface area contributed by atoms with E-state index in [1.807, 2.05) is 6.92 Å². The van der Waals surface area contributed by atoms with Gasteiger partial charge in [-0.25, -0.2) is 4.39 Å². The summed E-state index contributed by atoms with van der Waals surface area (Å²) >= 11 is 0. The van der Waals surface area contributed by atoms with Crippen molar-refractivity contribution in [2.75, 3.05) is 19.6 Å². The van der Waals surface area contributed by atoms with Gasteiger partial charge < -0.3 is 9.84 Å². The molecule has 20 heavy (non-hydrogen) atoms. The molecule has 112 valence electrons. The van der Waals surface area contributed by atoms with Gasteiger partial charge in [-0.05, 0) is 25.8 Å². The van der Waals surface area contributed by atoms with E-state index in [2.05, 4.69) is 18.7 Å². The highest BCUT2D eigenvalue weighted by Crippen LogP contribution is 2.25. The Hall–Kier alpha value is -0.970. The molecule has 0 amide bonds. The molecule has 1 aliphatic rings. The largest absolute Gasteiger partial charge is 0.388 e. The van der Waals surface area contributed by atoms with Gasteiger partial charge in [-0.2, -0.15) is 0 Å². The van der Waals surface area contributed by atoms with Crippen LogP contribution in [0.4, 0.5) is 4.39 Å². The fraction of sp³-hybridized carbons (Fsp3) is 0.625. The third-order valence-electron chi connectivity index (χ3n) is 3.80. The van der Waals surface area contributed by atoms with Crippen molar-refractivity contribution in [2.24, 2.45) is 5.92 Å². The van der Waals surface area contributed by atoms with Crippen molar-refractivity contribution in [3.05, 3.63) is 35.6 Å². The maximum absolute atomic E-state index is 13.7. The zero-order chi connectivity index (χ0) is 14.7. The summed E-state index contributed by atoms with van der Waals surface area (Å²) in [7, 11) is 0. The average Bonchev–Trinajstić information content (AvgIpc) is 2.37. The van der Waals surface area contributed by atoms with Crippen LogP contribution in [0.2, 0.25) is 0 Å². The molecule has 1 N–H and O–H groups in total. The van der Waals surface area contributed by atoms with Crippen molar-refractivity contribution in [2.45, 2.75) is 39.1 Å². The summed E-state index contributed by atoms with van der Waals surface area (Å²) in [6, 6.07) is 6.44. The lowest BCUT2D eigenvalue weighted by atomic mass is 9.96. The number of benzene rings is 1. The highest BCUT2D eigenvalue weighted by molar-refractivity contribution is 5.20. The van der Waals surface area contributed by atoms with Gasteiger partial charge in [-0.15, -0.1) is 0 Å². The van der Waals surface area contributed by atoms with Crippen LogP contribution in [0.15, 0.2) is 24.3 Å². The molecule has 3 nitrogen and oxygen atoms in total. The van der Waals surface area contributed by atoms with E-state index in [4.69, 9.17) is 4.74 Å². The molecular weight excluding hydrogens is 257 g/mol. The van der Waals surface area contributed by atoms with Crippen LogP contribution in [0, 0.1) is 11.7 Å². The molecule has 4 atom stereocenters. The maximum atomic E-state index is 13.7. The van der Waals surface area contributed by atoms with Crippen LogP contribution in [-0.2, 0) is 4.74 Å². The molecule has 1 aromatic carbocycles. The van der Waals surface area contributed by atoms with E-state index in [1.165, 1.54) is 6.07 Å². The van der Waals surface area contributed by atoms with Crippen molar-refractivity contribution in [1.82, 2.24) is 4.90 Å². The summed E-state index contributed by atoms with van der Waals surface area (Å²) in [6.07, 6.45) is -0.363. The summed E-state index contributed by atoms with van der Waals surface area (Å²) in [4.78, 5) is 2.29. The van der Waals surface area contributed by atoms with Crippen molar-refractivity contribution in [1.29, 1.82) is 0 Å². The normalized spacial score (nSPS) is 27.2. The van der Waals surface area contributed by atoms with E-state index in [1.54, 1.807) is 18.2 Å². The zero-order valence-electron chi connectivity index (χ0n) is 12.4. The molecule has 1 heterocycles. The highest BCUT2D eigenvalue weighted by Gasteiger charge is 2.26. The van der Waals surface area contributed by atoms with E-state index in [9.17, 15) is 9.50 Å². The number of morpholine rings is 1. The van der Waals surface area contributed by atoms with E-state index < -0.39 is 6.10 Å². The molecule has 0 spiro atoms. The number of aliphatic hydroxyl groups excluding tert-OH is 1. The lowest BCUT2D eigenvalue weighted by molar-refractivity contribution is -0.0755. The second-order valence-electron chi connectivity index (χ2n) is 5.92. The van der Waals surface area contributed by atoms with Gasteiger partial charge in [0.15, 0.2) is 0 Å². The predicted molar refractivity (Wildman–Crippen MR) is 77.0 cm³/mol. The Morgan fingerprint density at radius 2 is 1.90 bits per heavy atom. The smallest absolute Gasteiger partial charge is 0.129 e. The van der Waals surface area contributed by atoms with Crippen LogP contribution >= 0.6 is 0 Å². The van der Waals surface area contributed by atoms with Gasteiger partial charge in [0.05, 0.1) is 18.3 Å². The van der Waals surface area contributed by atoms with Gasteiger partial charge in [-0.1, -0.05) is 25.1 Å². The molecule has 4 unspecified atom stereocenters. The minimum absolute atomic E-state index is 0.0237. The van der Waals surface area contributed by atoms with Crippen LogP contribution < -0.4 is 0 Å². The Morgan fingerprint density at radius 1 is 1.30 bits per heavy atom. The van der Waals surface area contributed by atoms with Gasteiger partial charge in [0.2, 0.25) is 0 Å². The molecule has 2 rings (SSSR count). The van der Waals surface area contributed by atoms with Gasteiger partial charge in [-0.3, -0.25) is 4.90 Å². The predicted octanol–water partition coefficient (Wildman–Crippen LogP) is 2.60. The fourth-order valence-electron chi connectivity index (χ4n) is 2.96. The molecule has 1 aliphatic heterocycles. The lowest BCUT2D eigenvalue weighted by Gasteiger charge is -2.37. The van der Waals surface area contributed by atoms with E-state index in [-0.39, 0.29) is 23.9 Å². The summed E-state index contributed by atoms with van der Waals surface area (Å²) in [5, 5.41) is 10.3. The maximum Gasteiger partial charge on any atom is 0.129 e. The van der Waals surface area contributed by atoms with Gasteiger partial charge >= 0.3 is 0 Å². The first-order valence-corrected chi connectivity index (χ1v) is 7.27. The molecule has 0 aliphatic carbocycles. The first kappa shape index (κ1) is 15.4.